The maximum absolute atomic E-state index is 14.0. The number of carbonyl (C=O) groups excluding carboxylic acids is 2. The molecule has 1 aliphatic heterocycles. The third kappa shape index (κ3) is 5.68. The predicted molar refractivity (Wildman–Crippen MR) is 148 cm³/mol. The van der Waals surface area contributed by atoms with Crippen molar-refractivity contribution in [3.8, 4) is 17.2 Å². The summed E-state index contributed by atoms with van der Waals surface area (Å²) in [7, 11) is 3.14. The minimum atomic E-state index is -5.24. The average Bonchev–Trinajstić information content (AvgIpc) is 2.95. The molecule has 13 heteroatoms. The Hall–Kier alpha value is -3.85. The van der Waals surface area contributed by atoms with E-state index in [0.717, 1.165) is 17.0 Å². The Kier molecular flexibility index (Phi) is 8.49. The van der Waals surface area contributed by atoms with E-state index in [1.54, 1.807) is 37.2 Å². The van der Waals surface area contributed by atoms with Crippen molar-refractivity contribution in [1.29, 1.82) is 5.26 Å². The van der Waals surface area contributed by atoms with E-state index >= 15 is 0 Å². The second kappa shape index (κ2) is 11.6. The highest BCUT2D eigenvalue weighted by atomic mass is 35.5. The molecule has 1 fully saturated rings. The van der Waals surface area contributed by atoms with Crippen molar-refractivity contribution in [3.05, 3.63) is 81.5 Å². The summed E-state index contributed by atoms with van der Waals surface area (Å²) in [6.07, 6.45) is -3.75. The van der Waals surface area contributed by atoms with Crippen LogP contribution in [0.3, 0.4) is 0 Å². The lowest BCUT2D eigenvalue weighted by Crippen LogP contribution is -2.59. The Bertz CT molecular complexity index is 1500. The predicted octanol–water partition coefficient (Wildman–Crippen LogP) is 4.73. The van der Waals surface area contributed by atoms with Gasteiger partial charge in [-0.2, -0.15) is 18.4 Å². The summed E-state index contributed by atoms with van der Waals surface area (Å²) < 4.78 is 41.9. The van der Waals surface area contributed by atoms with E-state index in [1.165, 1.54) is 29.3 Å². The first-order chi connectivity index (χ1) is 19.3. The van der Waals surface area contributed by atoms with E-state index in [-0.39, 0.29) is 59.1 Å². The Morgan fingerprint density at radius 3 is 2.10 bits per heavy atom. The van der Waals surface area contributed by atoms with E-state index in [1.807, 2.05) is 0 Å². The van der Waals surface area contributed by atoms with Crippen LogP contribution in [0.15, 0.2) is 54.7 Å². The molecule has 1 aromatic heterocycles. The van der Waals surface area contributed by atoms with Crippen LogP contribution in [-0.2, 0) is 10.4 Å². The average molecular weight is 606 g/mol. The minimum Gasteiger partial charge on any atom is -0.369 e. The number of pyridine rings is 1. The molecule has 3 aromatic rings. The number of carbonyl (C=O) groups is 2. The van der Waals surface area contributed by atoms with Gasteiger partial charge in [0.05, 0.1) is 21.2 Å². The third-order valence-electron chi connectivity index (χ3n) is 6.76. The number of benzene rings is 2. The number of amides is 2. The van der Waals surface area contributed by atoms with Crippen molar-refractivity contribution < 1.29 is 27.9 Å². The van der Waals surface area contributed by atoms with Crippen LogP contribution in [0.25, 0.3) is 11.1 Å². The minimum absolute atomic E-state index is 0.0779. The maximum atomic E-state index is 14.0. The van der Waals surface area contributed by atoms with Crippen LogP contribution in [0, 0.1) is 11.3 Å². The van der Waals surface area contributed by atoms with E-state index in [9.17, 15) is 33.1 Å². The van der Waals surface area contributed by atoms with Gasteiger partial charge in [-0.1, -0.05) is 53.5 Å². The number of alkyl halides is 3. The van der Waals surface area contributed by atoms with Gasteiger partial charge in [-0.15, -0.1) is 0 Å². The number of anilines is 1. The number of hydrogen-bond acceptors (Lipinski definition) is 6. The Morgan fingerprint density at radius 1 is 1.00 bits per heavy atom. The number of halogens is 5. The molecular formula is C28H24Cl2F3N5O3. The van der Waals surface area contributed by atoms with Crippen LogP contribution in [0.4, 0.5) is 19.0 Å². The number of rotatable bonds is 5. The number of piperazine rings is 1. The van der Waals surface area contributed by atoms with Gasteiger partial charge in [0.15, 0.2) is 0 Å². The molecule has 8 nitrogen and oxygen atoms in total. The maximum Gasteiger partial charge on any atom is 0.430 e. The van der Waals surface area contributed by atoms with E-state index in [2.05, 4.69) is 11.1 Å². The Balaban J connectivity index is 1.55. The first kappa shape index (κ1) is 30.1. The van der Waals surface area contributed by atoms with Gasteiger partial charge in [0, 0.05) is 57.6 Å². The number of nitrogens with zero attached hydrogens (tertiary/aromatic N) is 5. The lowest BCUT2D eigenvalue weighted by Gasteiger charge is -2.40. The molecule has 1 atom stereocenters. The van der Waals surface area contributed by atoms with Crippen molar-refractivity contribution in [1.82, 2.24) is 14.8 Å². The molecule has 214 valence electrons. The fourth-order valence-corrected chi connectivity index (χ4v) is 5.20. The second-order valence-electron chi connectivity index (χ2n) is 9.57. The molecule has 2 heterocycles. The van der Waals surface area contributed by atoms with Crippen LogP contribution in [0.2, 0.25) is 10.0 Å². The summed E-state index contributed by atoms with van der Waals surface area (Å²) >= 11 is 12.7. The van der Waals surface area contributed by atoms with Crippen molar-refractivity contribution in [3.63, 3.8) is 0 Å². The number of aromatic nitrogens is 1. The molecule has 41 heavy (non-hydrogen) atoms. The number of aliphatic hydroxyl groups is 1. The van der Waals surface area contributed by atoms with Crippen molar-refractivity contribution in [2.45, 2.75) is 11.8 Å². The van der Waals surface area contributed by atoms with Gasteiger partial charge in [-0.3, -0.25) is 9.59 Å². The van der Waals surface area contributed by atoms with Gasteiger partial charge in [-0.25, -0.2) is 4.98 Å². The zero-order valence-corrected chi connectivity index (χ0v) is 23.4. The topological polar surface area (TPSA) is 101 Å². The summed E-state index contributed by atoms with van der Waals surface area (Å²) in [4.78, 5) is 33.8. The lowest BCUT2D eigenvalue weighted by atomic mass is 9.91. The highest BCUT2D eigenvalue weighted by Gasteiger charge is 2.62. The fraction of sp³-hybridized carbons (Fsp3) is 0.286. The SMILES string of the molecule is CN(C)C(=O)c1c(Cl)cc(-c2cnc(N3CCN(C(=O)C(O)(c4ccccc4)C(F)(F)F)CC3)c(C#N)c2)cc1Cl. The molecule has 1 N–H and O–H groups in total. The monoisotopic (exact) mass is 605 g/mol. The number of hydrogen-bond donors (Lipinski definition) is 1. The van der Waals surface area contributed by atoms with Gasteiger partial charge >= 0.3 is 6.18 Å². The van der Waals surface area contributed by atoms with Gasteiger partial charge in [0.1, 0.15) is 11.9 Å². The molecule has 0 spiro atoms. The molecule has 4 rings (SSSR count). The molecule has 1 aliphatic rings. The van der Waals surface area contributed by atoms with E-state index in [4.69, 9.17) is 23.2 Å². The van der Waals surface area contributed by atoms with Crippen molar-refractivity contribution >= 4 is 40.8 Å². The highest BCUT2D eigenvalue weighted by Crippen LogP contribution is 2.41. The normalized spacial score (nSPS) is 15.2. The summed E-state index contributed by atoms with van der Waals surface area (Å²) in [5.74, 6) is -1.55. The zero-order chi connectivity index (χ0) is 30.1. The smallest absolute Gasteiger partial charge is 0.369 e. The van der Waals surface area contributed by atoms with Crippen molar-refractivity contribution in [2.24, 2.45) is 0 Å². The van der Waals surface area contributed by atoms with Gasteiger partial charge < -0.3 is 19.8 Å². The first-order valence-corrected chi connectivity index (χ1v) is 13.0. The molecule has 0 aliphatic carbocycles. The molecule has 1 unspecified atom stereocenters. The summed E-state index contributed by atoms with van der Waals surface area (Å²) in [5, 5.41) is 20.7. The highest BCUT2D eigenvalue weighted by molar-refractivity contribution is 6.40. The third-order valence-corrected chi connectivity index (χ3v) is 7.36. The van der Waals surface area contributed by atoms with Crippen LogP contribution in [-0.4, -0.2) is 78.2 Å². The second-order valence-corrected chi connectivity index (χ2v) is 10.4. The molecule has 0 radical (unpaired) electrons. The fourth-order valence-electron chi connectivity index (χ4n) is 4.56. The van der Waals surface area contributed by atoms with E-state index < -0.39 is 23.2 Å². The summed E-state index contributed by atoms with van der Waals surface area (Å²) in [6, 6.07) is 13.0. The largest absolute Gasteiger partial charge is 0.430 e. The molecule has 0 saturated carbocycles. The van der Waals surface area contributed by atoms with Gasteiger partial charge in [0.2, 0.25) is 0 Å². The molecule has 2 aromatic carbocycles. The van der Waals surface area contributed by atoms with E-state index in [0.29, 0.717) is 11.1 Å². The lowest BCUT2D eigenvalue weighted by molar-refractivity contribution is -0.262. The molecule has 1 saturated heterocycles. The summed E-state index contributed by atoms with van der Waals surface area (Å²) in [5.41, 5.74) is -2.91. The Labute approximate surface area is 244 Å². The van der Waals surface area contributed by atoms with Crippen LogP contribution < -0.4 is 4.90 Å². The van der Waals surface area contributed by atoms with Crippen molar-refractivity contribution in [2.75, 3.05) is 45.2 Å². The first-order valence-electron chi connectivity index (χ1n) is 12.3. The summed E-state index contributed by atoms with van der Waals surface area (Å²) in [6.45, 7) is -0.112. The van der Waals surface area contributed by atoms with Crippen LogP contribution >= 0.6 is 23.2 Å². The van der Waals surface area contributed by atoms with Gasteiger partial charge in [0.25, 0.3) is 17.4 Å². The zero-order valence-electron chi connectivity index (χ0n) is 21.9. The molecular weight excluding hydrogens is 582 g/mol. The molecule has 0 bridgehead atoms. The van der Waals surface area contributed by atoms with Gasteiger partial charge in [-0.05, 0) is 23.8 Å². The van der Waals surface area contributed by atoms with Crippen LogP contribution in [0.1, 0.15) is 21.5 Å². The standard InChI is InChI=1S/C28H24Cl2F3N5O3/c1-36(2)25(39)23-21(29)13-17(14-22(23)30)19-12-18(15-34)24(35-16-19)37-8-10-38(11-9-37)26(40)27(41,28(31,32)33)20-6-4-3-5-7-20/h3-7,12-14,16,41H,8-11H2,1-2H3. The quantitative estimate of drug-likeness (QED) is 0.451. The molecule has 2 amide bonds. The number of nitriles is 1. The van der Waals surface area contributed by atoms with Crippen LogP contribution in [0.5, 0.6) is 0 Å². The Morgan fingerprint density at radius 2 is 1.59 bits per heavy atom.